The van der Waals surface area contributed by atoms with Crippen molar-refractivity contribution in [2.75, 3.05) is 12.8 Å². The van der Waals surface area contributed by atoms with Crippen LogP contribution in [0.1, 0.15) is 38.5 Å². The van der Waals surface area contributed by atoms with Crippen molar-refractivity contribution in [3.05, 3.63) is 67.1 Å². The molecular weight excluding hydrogens is 484 g/mol. The Kier molecular flexibility index (Phi) is 5.29. The molecule has 0 radical (unpaired) electrons. The van der Waals surface area contributed by atoms with Gasteiger partial charge in [-0.3, -0.25) is 4.90 Å². The lowest BCUT2D eigenvalue weighted by Crippen LogP contribution is -2.40. The van der Waals surface area contributed by atoms with E-state index in [-0.39, 0.29) is 5.60 Å². The second-order valence-corrected chi connectivity index (χ2v) is 13.0. The van der Waals surface area contributed by atoms with Crippen molar-refractivity contribution in [2.45, 2.75) is 61.1 Å². The molecule has 1 N–H and O–H groups in total. The van der Waals surface area contributed by atoms with Crippen molar-refractivity contribution in [1.29, 1.82) is 0 Å². The van der Waals surface area contributed by atoms with Crippen LogP contribution < -0.4 is 4.74 Å². The molecule has 1 atom stereocenters. The van der Waals surface area contributed by atoms with Crippen molar-refractivity contribution in [3.8, 4) is 28.0 Å². The molecule has 7 nitrogen and oxygen atoms in total. The first-order valence-electron chi connectivity index (χ1n) is 13.1. The normalized spacial score (nSPS) is 23.8. The predicted molar refractivity (Wildman–Crippen MR) is 144 cm³/mol. The maximum absolute atomic E-state index is 12.1. The Labute approximate surface area is 217 Å². The molecule has 2 aromatic heterocycles. The Bertz CT molecular complexity index is 1500. The minimum absolute atomic E-state index is 0.00300. The maximum Gasteiger partial charge on any atom is 0.244 e. The average molecular weight is 516 g/mol. The van der Waals surface area contributed by atoms with Gasteiger partial charge >= 0.3 is 0 Å². The molecule has 2 bridgehead atoms. The quantitative estimate of drug-likeness (QED) is 0.325. The Balaban J connectivity index is 1.09. The molecule has 3 fully saturated rings. The highest BCUT2D eigenvalue weighted by atomic mass is 32.3. The van der Waals surface area contributed by atoms with E-state index in [1.807, 2.05) is 18.5 Å². The molecule has 7 rings (SSSR count). The molecule has 4 aromatic rings. The topological polar surface area (TPSA) is 80.0 Å². The minimum atomic E-state index is -3.04. The summed E-state index contributed by atoms with van der Waals surface area (Å²) in [7, 11) is -3.04. The van der Waals surface area contributed by atoms with Crippen LogP contribution in [0.25, 0.3) is 27.9 Å². The van der Waals surface area contributed by atoms with Crippen LogP contribution in [0.2, 0.25) is 0 Å². The molecule has 1 unspecified atom stereocenters. The number of benzene rings is 2. The Hall–Kier alpha value is -3.07. The van der Waals surface area contributed by atoms with Gasteiger partial charge in [-0.15, -0.1) is 0 Å². The molecule has 3 aliphatic rings. The number of ether oxygens (including phenoxy) is 1. The summed E-state index contributed by atoms with van der Waals surface area (Å²) in [6.07, 6.45) is 14.6. The monoisotopic (exact) mass is 515 g/mol. The summed E-state index contributed by atoms with van der Waals surface area (Å²) in [5, 5.41) is 4.50. The van der Waals surface area contributed by atoms with E-state index in [1.165, 1.54) is 31.9 Å². The molecule has 4 heterocycles. The highest BCUT2D eigenvalue weighted by molar-refractivity contribution is 7.97. The third kappa shape index (κ3) is 4.27. The van der Waals surface area contributed by atoms with Gasteiger partial charge in [0.2, 0.25) is 10.2 Å². The Morgan fingerprint density at radius 2 is 1.73 bits per heavy atom. The summed E-state index contributed by atoms with van der Waals surface area (Å²) in [6.45, 7) is 1.07. The van der Waals surface area contributed by atoms with Gasteiger partial charge in [-0.1, -0.05) is 28.5 Å². The van der Waals surface area contributed by atoms with Crippen LogP contribution in [0, 0.1) is 0 Å². The zero-order chi connectivity index (χ0) is 25.2. The molecule has 1 saturated carbocycles. The number of aromatic nitrogens is 3. The molecule has 1 aliphatic carbocycles. The second-order valence-electron chi connectivity index (χ2n) is 10.9. The van der Waals surface area contributed by atoms with E-state index in [1.54, 1.807) is 28.9 Å². The van der Waals surface area contributed by atoms with Crippen molar-refractivity contribution >= 4 is 15.9 Å². The fourth-order valence-electron chi connectivity index (χ4n) is 6.13. The first-order valence-corrected chi connectivity index (χ1v) is 15.0. The molecule has 0 spiro atoms. The van der Waals surface area contributed by atoms with Crippen LogP contribution >= 0.6 is 0 Å². The van der Waals surface area contributed by atoms with E-state index < -0.39 is 10.2 Å². The van der Waals surface area contributed by atoms with E-state index >= 15 is 0 Å². The van der Waals surface area contributed by atoms with E-state index in [9.17, 15) is 8.76 Å². The highest BCUT2D eigenvalue weighted by Crippen LogP contribution is 2.46. The van der Waals surface area contributed by atoms with Gasteiger partial charge in [0.15, 0.2) is 10.5 Å². The van der Waals surface area contributed by atoms with Crippen LogP contribution in [0.4, 0.5) is 0 Å². The van der Waals surface area contributed by atoms with Crippen LogP contribution in [0.15, 0.2) is 72.0 Å². The van der Waals surface area contributed by atoms with E-state index in [0.717, 1.165) is 59.5 Å². The van der Waals surface area contributed by atoms with Gasteiger partial charge in [-0.2, -0.15) is 9.65 Å². The van der Waals surface area contributed by atoms with Crippen molar-refractivity contribution in [3.63, 3.8) is 0 Å². The summed E-state index contributed by atoms with van der Waals surface area (Å²) in [6, 6.07) is 16.9. The molecular formula is C29H31N4O3S+. The van der Waals surface area contributed by atoms with Crippen molar-refractivity contribution in [1.82, 2.24) is 19.5 Å². The first kappa shape index (κ1) is 23.1. The molecule has 2 saturated heterocycles. The summed E-state index contributed by atoms with van der Waals surface area (Å²) in [4.78, 5) is 7.80. The van der Waals surface area contributed by atoms with E-state index in [2.05, 4.69) is 39.2 Å². The van der Waals surface area contributed by atoms with Crippen molar-refractivity contribution in [2.24, 2.45) is 0 Å². The number of nitrogens with zero attached hydrogens (tertiary/aromatic N) is 4. The van der Waals surface area contributed by atoms with Crippen LogP contribution in [-0.4, -0.2) is 54.5 Å². The lowest BCUT2D eigenvalue weighted by molar-refractivity contribution is 0.104. The van der Waals surface area contributed by atoms with Gasteiger partial charge in [-0.25, -0.2) is 9.50 Å². The standard InChI is InChI=1S/C29H30N4O3S/c1-37(34,35)26-4-2-3-21(15-26)27-17-31-33-18-22(16-30-28(27)33)20-5-11-25(12-6-20)36-29(13-14-29)19-32-23-7-8-24(32)10-9-23/h2-6,11-12,15-18,23-24H,7-10,13-14,19H2,1H3/p+1. The van der Waals surface area contributed by atoms with E-state index in [0.29, 0.717) is 10.5 Å². The number of rotatable bonds is 7. The SMILES string of the molecule is C[S+](=O)(O)c1cccc(-c2cnn3cc(-c4ccc(OC5(CN6C7CCC6CC7)CC5)cc4)cnc23)c1. The maximum atomic E-state index is 12.1. The second kappa shape index (κ2) is 8.48. The first-order chi connectivity index (χ1) is 17.9. The third-order valence-corrected chi connectivity index (χ3v) is 9.47. The lowest BCUT2D eigenvalue weighted by Gasteiger charge is -2.28. The van der Waals surface area contributed by atoms with Gasteiger partial charge in [0, 0.05) is 48.2 Å². The Morgan fingerprint density at radius 3 is 2.41 bits per heavy atom. The smallest absolute Gasteiger partial charge is 0.244 e. The number of hydrogen-bond donors (Lipinski definition) is 1. The zero-order valence-corrected chi connectivity index (χ0v) is 21.7. The van der Waals surface area contributed by atoms with E-state index in [4.69, 9.17) is 4.74 Å². The van der Waals surface area contributed by atoms with Crippen LogP contribution in [-0.2, 0) is 14.4 Å². The largest absolute Gasteiger partial charge is 0.486 e. The number of hydrogen-bond acceptors (Lipinski definition) is 5. The molecule has 2 aliphatic heterocycles. The van der Waals surface area contributed by atoms with Gasteiger partial charge in [0.25, 0.3) is 0 Å². The zero-order valence-electron chi connectivity index (χ0n) is 20.9. The van der Waals surface area contributed by atoms with Gasteiger partial charge in [0.1, 0.15) is 17.6 Å². The highest BCUT2D eigenvalue weighted by Gasteiger charge is 2.51. The predicted octanol–water partition coefficient (Wildman–Crippen LogP) is 5.56. The summed E-state index contributed by atoms with van der Waals surface area (Å²) < 4.78 is 30.3. The molecule has 0 amide bonds. The average Bonchev–Trinajstić information content (AvgIpc) is 3.20. The van der Waals surface area contributed by atoms with Crippen LogP contribution in [0.3, 0.4) is 0 Å². The molecule has 8 heteroatoms. The third-order valence-electron chi connectivity index (χ3n) is 8.34. The van der Waals surface area contributed by atoms with Crippen molar-refractivity contribution < 1.29 is 13.5 Å². The fraction of sp³-hybridized carbons (Fsp3) is 0.379. The molecule has 190 valence electrons. The fourth-order valence-corrected chi connectivity index (χ4v) is 6.81. The molecule has 37 heavy (non-hydrogen) atoms. The van der Waals surface area contributed by atoms with Crippen LogP contribution in [0.5, 0.6) is 5.75 Å². The Morgan fingerprint density at radius 1 is 1.00 bits per heavy atom. The van der Waals surface area contributed by atoms with Gasteiger partial charge < -0.3 is 4.74 Å². The molecule has 2 aromatic carbocycles. The summed E-state index contributed by atoms with van der Waals surface area (Å²) in [5.74, 6) is 0.930. The van der Waals surface area contributed by atoms with Gasteiger partial charge in [0.05, 0.1) is 6.20 Å². The lowest BCUT2D eigenvalue weighted by atomic mass is 10.0. The summed E-state index contributed by atoms with van der Waals surface area (Å²) in [5.41, 5.74) is 4.35. The minimum Gasteiger partial charge on any atom is -0.486 e. The number of fused-ring (bicyclic) bond motifs is 3. The van der Waals surface area contributed by atoms with Gasteiger partial charge in [-0.05, 0) is 67.9 Å². The summed E-state index contributed by atoms with van der Waals surface area (Å²) >= 11 is 0.